The van der Waals surface area contributed by atoms with Crippen LogP contribution in [0.2, 0.25) is 0 Å². The van der Waals surface area contributed by atoms with Gasteiger partial charge in [0.2, 0.25) is 0 Å². The number of hydrogen-bond acceptors (Lipinski definition) is 4. The van der Waals surface area contributed by atoms with Gasteiger partial charge in [0.05, 0.1) is 13.2 Å². The van der Waals surface area contributed by atoms with Crippen molar-refractivity contribution < 1.29 is 14.2 Å². The normalized spacial score (nSPS) is 12.8. The Labute approximate surface area is 126 Å². The molecule has 0 amide bonds. The van der Waals surface area contributed by atoms with Gasteiger partial charge >= 0.3 is 0 Å². The number of aliphatic hydroxyl groups excluding tert-OH is 1. The maximum atomic E-state index is 13.9. The summed E-state index contributed by atoms with van der Waals surface area (Å²) in [4.78, 5) is 2.13. The number of ether oxygens (including phenoxy) is 1. The minimum atomic E-state index is -0.172. The molecular weight excluding hydrogens is 271 g/mol. The molecule has 0 spiro atoms. The van der Waals surface area contributed by atoms with E-state index in [0.717, 1.165) is 26.1 Å². The van der Waals surface area contributed by atoms with E-state index in [1.807, 2.05) is 19.1 Å². The Bertz CT molecular complexity index is 390. The first kappa shape index (κ1) is 18.0. The van der Waals surface area contributed by atoms with Crippen LogP contribution < -0.4 is 5.32 Å². The molecule has 0 bridgehead atoms. The molecular formula is C16H27FN2O2. The van der Waals surface area contributed by atoms with Gasteiger partial charge in [-0.1, -0.05) is 25.1 Å². The van der Waals surface area contributed by atoms with Crippen LogP contribution in [0, 0.1) is 5.82 Å². The van der Waals surface area contributed by atoms with Gasteiger partial charge in [0.15, 0.2) is 0 Å². The molecule has 1 rings (SSSR count). The summed E-state index contributed by atoms with van der Waals surface area (Å²) in [5.74, 6) is -0.172. The SMILES string of the molecule is CCNC(CCN(CCO)CCOC)c1ccccc1F. The summed E-state index contributed by atoms with van der Waals surface area (Å²) in [6, 6.07) is 6.88. The molecule has 0 heterocycles. The maximum Gasteiger partial charge on any atom is 0.127 e. The molecule has 120 valence electrons. The number of benzene rings is 1. The van der Waals surface area contributed by atoms with Crippen LogP contribution in [0.15, 0.2) is 24.3 Å². The first-order valence-electron chi connectivity index (χ1n) is 7.52. The third-order valence-corrected chi connectivity index (χ3v) is 3.49. The highest BCUT2D eigenvalue weighted by molar-refractivity contribution is 5.21. The Balaban J connectivity index is 2.62. The highest BCUT2D eigenvalue weighted by atomic mass is 19.1. The fourth-order valence-electron chi connectivity index (χ4n) is 2.38. The van der Waals surface area contributed by atoms with Gasteiger partial charge in [0, 0.05) is 38.3 Å². The number of methoxy groups -OCH3 is 1. The number of halogens is 1. The van der Waals surface area contributed by atoms with E-state index in [1.165, 1.54) is 6.07 Å². The first-order valence-corrected chi connectivity index (χ1v) is 7.52. The number of rotatable bonds is 11. The Morgan fingerprint density at radius 3 is 2.67 bits per heavy atom. The predicted molar refractivity (Wildman–Crippen MR) is 82.8 cm³/mol. The lowest BCUT2D eigenvalue weighted by molar-refractivity contribution is 0.127. The second kappa shape index (κ2) is 10.7. The van der Waals surface area contributed by atoms with Crippen molar-refractivity contribution in [1.82, 2.24) is 10.2 Å². The summed E-state index contributed by atoms with van der Waals surface area (Å²) in [5, 5.41) is 12.4. The van der Waals surface area contributed by atoms with E-state index in [2.05, 4.69) is 10.2 Å². The van der Waals surface area contributed by atoms with Gasteiger partial charge in [0.1, 0.15) is 5.82 Å². The monoisotopic (exact) mass is 298 g/mol. The van der Waals surface area contributed by atoms with Crippen LogP contribution in [0.3, 0.4) is 0 Å². The molecule has 0 radical (unpaired) electrons. The molecule has 4 nitrogen and oxygen atoms in total. The third-order valence-electron chi connectivity index (χ3n) is 3.49. The van der Waals surface area contributed by atoms with Crippen molar-refractivity contribution in [2.24, 2.45) is 0 Å². The largest absolute Gasteiger partial charge is 0.395 e. The van der Waals surface area contributed by atoms with Gasteiger partial charge in [-0.05, 0) is 19.0 Å². The zero-order valence-electron chi connectivity index (χ0n) is 13.0. The lowest BCUT2D eigenvalue weighted by atomic mass is 10.0. The fraction of sp³-hybridized carbons (Fsp3) is 0.625. The first-order chi connectivity index (χ1) is 10.2. The molecule has 0 saturated carbocycles. The van der Waals surface area contributed by atoms with E-state index < -0.39 is 0 Å². The minimum absolute atomic E-state index is 0.0139. The van der Waals surface area contributed by atoms with E-state index >= 15 is 0 Å². The second-order valence-corrected chi connectivity index (χ2v) is 4.98. The van der Waals surface area contributed by atoms with Crippen molar-refractivity contribution in [1.29, 1.82) is 0 Å². The number of aliphatic hydroxyl groups is 1. The third kappa shape index (κ3) is 6.52. The van der Waals surface area contributed by atoms with Gasteiger partial charge in [-0.15, -0.1) is 0 Å². The average Bonchev–Trinajstić information content (AvgIpc) is 2.49. The summed E-state index contributed by atoms with van der Waals surface area (Å²) in [6.45, 7) is 5.73. The van der Waals surface area contributed by atoms with Crippen LogP contribution in [0.25, 0.3) is 0 Å². The minimum Gasteiger partial charge on any atom is -0.395 e. The van der Waals surface area contributed by atoms with Gasteiger partial charge in [-0.25, -0.2) is 4.39 Å². The predicted octanol–water partition coefficient (Wildman–Crippen LogP) is 1.81. The van der Waals surface area contributed by atoms with Crippen molar-refractivity contribution in [3.05, 3.63) is 35.6 Å². The molecule has 2 N–H and O–H groups in total. The van der Waals surface area contributed by atoms with E-state index in [1.54, 1.807) is 13.2 Å². The molecule has 0 aliphatic heterocycles. The number of nitrogens with one attached hydrogen (secondary N) is 1. The molecule has 0 aliphatic carbocycles. The molecule has 0 saturated heterocycles. The van der Waals surface area contributed by atoms with Gasteiger partial charge in [-0.2, -0.15) is 0 Å². The molecule has 1 aromatic rings. The number of hydrogen-bond donors (Lipinski definition) is 2. The summed E-state index contributed by atoms with van der Waals surface area (Å²) in [7, 11) is 1.66. The summed E-state index contributed by atoms with van der Waals surface area (Å²) < 4.78 is 19.0. The second-order valence-electron chi connectivity index (χ2n) is 4.98. The summed E-state index contributed by atoms with van der Waals surface area (Å²) in [5.41, 5.74) is 0.704. The lowest BCUT2D eigenvalue weighted by Gasteiger charge is -2.25. The van der Waals surface area contributed by atoms with E-state index in [9.17, 15) is 4.39 Å². The molecule has 0 aliphatic rings. The smallest absolute Gasteiger partial charge is 0.127 e. The molecule has 1 aromatic carbocycles. The van der Waals surface area contributed by atoms with Crippen LogP contribution >= 0.6 is 0 Å². The Morgan fingerprint density at radius 1 is 1.29 bits per heavy atom. The molecule has 5 heteroatoms. The van der Waals surface area contributed by atoms with Crippen LogP contribution in [-0.2, 0) is 4.74 Å². The highest BCUT2D eigenvalue weighted by Gasteiger charge is 2.15. The van der Waals surface area contributed by atoms with Crippen molar-refractivity contribution in [3.8, 4) is 0 Å². The van der Waals surface area contributed by atoms with E-state index in [4.69, 9.17) is 9.84 Å². The quantitative estimate of drug-likeness (QED) is 0.654. The maximum absolute atomic E-state index is 13.9. The zero-order chi connectivity index (χ0) is 15.5. The molecule has 0 fully saturated rings. The van der Waals surface area contributed by atoms with Crippen molar-refractivity contribution in [2.75, 3.05) is 46.5 Å². The van der Waals surface area contributed by atoms with Crippen LogP contribution in [0.5, 0.6) is 0 Å². The number of nitrogens with zero attached hydrogens (tertiary/aromatic N) is 1. The molecule has 21 heavy (non-hydrogen) atoms. The van der Waals surface area contributed by atoms with Crippen LogP contribution in [-0.4, -0.2) is 56.5 Å². The molecule has 1 unspecified atom stereocenters. The van der Waals surface area contributed by atoms with Crippen LogP contribution in [0.4, 0.5) is 4.39 Å². The zero-order valence-corrected chi connectivity index (χ0v) is 13.0. The highest BCUT2D eigenvalue weighted by Crippen LogP contribution is 2.20. The van der Waals surface area contributed by atoms with Gasteiger partial charge in [-0.3, -0.25) is 4.90 Å². The topological polar surface area (TPSA) is 44.7 Å². The van der Waals surface area contributed by atoms with Crippen molar-refractivity contribution >= 4 is 0 Å². The standard InChI is InChI=1S/C16H27FN2O2/c1-3-18-16(14-6-4-5-7-15(14)17)8-9-19(10-12-20)11-13-21-2/h4-7,16,18,20H,3,8-13H2,1-2H3. The summed E-state index contributed by atoms with van der Waals surface area (Å²) in [6.07, 6.45) is 0.790. The molecule has 1 atom stereocenters. The summed E-state index contributed by atoms with van der Waals surface area (Å²) >= 11 is 0. The van der Waals surface area contributed by atoms with Gasteiger partial charge in [0.25, 0.3) is 0 Å². The Kier molecular flexibility index (Phi) is 9.17. The van der Waals surface area contributed by atoms with E-state index in [-0.39, 0.29) is 18.5 Å². The average molecular weight is 298 g/mol. The Hall–Kier alpha value is -1.01. The lowest BCUT2D eigenvalue weighted by Crippen LogP contribution is -2.34. The molecule has 0 aromatic heterocycles. The van der Waals surface area contributed by atoms with Crippen LogP contribution in [0.1, 0.15) is 24.9 Å². The van der Waals surface area contributed by atoms with Gasteiger partial charge < -0.3 is 15.2 Å². The fourth-order valence-corrected chi connectivity index (χ4v) is 2.38. The van der Waals surface area contributed by atoms with Crippen molar-refractivity contribution in [2.45, 2.75) is 19.4 Å². The Morgan fingerprint density at radius 2 is 2.05 bits per heavy atom. The van der Waals surface area contributed by atoms with E-state index in [0.29, 0.717) is 18.7 Å². The van der Waals surface area contributed by atoms with Crippen molar-refractivity contribution in [3.63, 3.8) is 0 Å².